The van der Waals surface area contributed by atoms with E-state index in [9.17, 15) is 0 Å². The third-order valence-electron chi connectivity index (χ3n) is 10.5. The minimum atomic E-state index is -0.142. The molecular formula is C46H43N3O2. The Kier molecular flexibility index (Phi) is 6.53. The molecule has 0 N–H and O–H groups in total. The van der Waals surface area contributed by atoms with Gasteiger partial charge in [0.2, 0.25) is 5.95 Å². The van der Waals surface area contributed by atoms with E-state index < -0.39 is 0 Å². The Morgan fingerprint density at radius 1 is 0.490 bits per heavy atom. The predicted octanol–water partition coefficient (Wildman–Crippen LogP) is 12.9. The topological polar surface area (TPSA) is 57.0 Å². The molecule has 9 aromatic rings. The van der Waals surface area contributed by atoms with E-state index in [-0.39, 0.29) is 16.2 Å². The Hall–Kier alpha value is -5.42. The molecule has 4 aromatic heterocycles. The number of furan rings is 2. The Balaban J connectivity index is 1.47. The molecule has 0 aliphatic carbocycles. The summed E-state index contributed by atoms with van der Waals surface area (Å²) in [5, 5.41) is 5.50. The summed E-state index contributed by atoms with van der Waals surface area (Å²) in [4.78, 5) is 10.8. The maximum absolute atomic E-state index is 7.12. The molecule has 9 rings (SSSR count). The molecule has 0 atom stereocenters. The summed E-state index contributed by atoms with van der Waals surface area (Å²) < 4.78 is 16.0. The molecule has 5 aromatic carbocycles. The first-order valence-electron chi connectivity index (χ1n) is 17.9. The number of aromatic nitrogens is 3. The molecule has 0 saturated heterocycles. The van der Waals surface area contributed by atoms with Crippen LogP contribution in [-0.2, 0) is 16.2 Å². The van der Waals surface area contributed by atoms with E-state index >= 15 is 0 Å². The first-order chi connectivity index (χ1) is 24.2. The zero-order chi connectivity index (χ0) is 35.6. The average Bonchev–Trinajstić information content (AvgIpc) is 3.75. The van der Waals surface area contributed by atoms with Gasteiger partial charge < -0.3 is 8.83 Å². The quantitative estimate of drug-likeness (QED) is 0.184. The molecule has 254 valence electrons. The minimum Gasteiger partial charge on any atom is -0.455 e. The van der Waals surface area contributed by atoms with Gasteiger partial charge in [-0.3, -0.25) is 4.57 Å². The summed E-state index contributed by atoms with van der Waals surface area (Å²) in [6, 6.07) is 34.4. The highest BCUT2D eigenvalue weighted by molar-refractivity contribution is 6.15. The second-order valence-electron chi connectivity index (χ2n) is 17.2. The monoisotopic (exact) mass is 669 g/mol. The molecule has 4 heterocycles. The van der Waals surface area contributed by atoms with Crippen molar-refractivity contribution in [2.45, 2.75) is 78.6 Å². The molecule has 0 spiro atoms. The fraction of sp³-hybridized carbons (Fsp3) is 0.261. The Morgan fingerprint density at radius 3 is 1.65 bits per heavy atom. The second-order valence-corrected chi connectivity index (χ2v) is 17.2. The standard InChI is InChI=1S/C46H43N3O2/c1-44(2,3)26-22-31-32-23-27(45(4,5)6)25-34(46(7,8)9)41(32)51-40(31)33(24-26)39-42-38(30-18-12-15-21-37(30)50-42)47-43(48-39)49-35-19-13-10-16-28(35)29-17-11-14-20-36(29)49/h10-25H,1-9H3. The lowest BCUT2D eigenvalue weighted by atomic mass is 9.79. The minimum absolute atomic E-state index is 0.0352. The van der Waals surface area contributed by atoms with E-state index in [0.717, 1.165) is 71.5 Å². The number of rotatable bonds is 2. The molecule has 0 saturated carbocycles. The second kappa shape index (κ2) is 10.6. The van der Waals surface area contributed by atoms with Crippen LogP contribution < -0.4 is 0 Å². The number of hydrogen-bond acceptors (Lipinski definition) is 4. The van der Waals surface area contributed by atoms with Gasteiger partial charge in [-0.1, -0.05) is 117 Å². The van der Waals surface area contributed by atoms with Crippen molar-refractivity contribution in [3.8, 4) is 17.2 Å². The van der Waals surface area contributed by atoms with Gasteiger partial charge in [0.15, 0.2) is 5.58 Å². The lowest BCUT2D eigenvalue weighted by Gasteiger charge is -2.25. The van der Waals surface area contributed by atoms with Gasteiger partial charge in [0.25, 0.3) is 0 Å². The summed E-state index contributed by atoms with van der Waals surface area (Å²) in [5.74, 6) is 0.595. The summed E-state index contributed by atoms with van der Waals surface area (Å²) in [5.41, 5.74) is 11.1. The first-order valence-corrected chi connectivity index (χ1v) is 17.9. The highest BCUT2D eigenvalue weighted by Gasteiger charge is 2.30. The molecule has 5 heteroatoms. The molecule has 0 radical (unpaired) electrons. The Bertz CT molecular complexity index is 2810. The lowest BCUT2D eigenvalue weighted by molar-refractivity contribution is 0.559. The van der Waals surface area contributed by atoms with Crippen LogP contribution in [-0.4, -0.2) is 14.5 Å². The van der Waals surface area contributed by atoms with E-state index in [1.165, 1.54) is 16.7 Å². The van der Waals surface area contributed by atoms with Crippen LogP contribution >= 0.6 is 0 Å². The molecule has 51 heavy (non-hydrogen) atoms. The molecule has 0 unspecified atom stereocenters. The number of fused-ring (bicyclic) bond motifs is 9. The van der Waals surface area contributed by atoms with Gasteiger partial charge in [-0.25, -0.2) is 9.97 Å². The van der Waals surface area contributed by atoms with Crippen LogP contribution in [0.3, 0.4) is 0 Å². The maximum Gasteiger partial charge on any atom is 0.236 e. The summed E-state index contributed by atoms with van der Waals surface area (Å²) >= 11 is 0. The van der Waals surface area contributed by atoms with Gasteiger partial charge in [-0.15, -0.1) is 0 Å². The third-order valence-corrected chi connectivity index (χ3v) is 10.5. The van der Waals surface area contributed by atoms with Crippen molar-refractivity contribution in [3.05, 3.63) is 114 Å². The van der Waals surface area contributed by atoms with E-state index in [1.54, 1.807) is 0 Å². The molecular weight excluding hydrogens is 627 g/mol. The predicted molar refractivity (Wildman–Crippen MR) is 212 cm³/mol. The number of nitrogens with zero attached hydrogens (tertiary/aromatic N) is 3. The smallest absolute Gasteiger partial charge is 0.236 e. The van der Waals surface area contributed by atoms with Gasteiger partial charge in [0.1, 0.15) is 28.0 Å². The van der Waals surface area contributed by atoms with Crippen molar-refractivity contribution in [3.63, 3.8) is 0 Å². The number of hydrogen-bond donors (Lipinski definition) is 0. The molecule has 0 aliphatic rings. The van der Waals surface area contributed by atoms with Crippen LogP contribution in [0, 0.1) is 0 Å². The van der Waals surface area contributed by atoms with E-state index in [0.29, 0.717) is 11.5 Å². The molecule has 0 aliphatic heterocycles. The van der Waals surface area contributed by atoms with Gasteiger partial charge in [0.05, 0.1) is 11.0 Å². The zero-order valence-electron chi connectivity index (χ0n) is 30.9. The Labute approximate surface area is 297 Å². The highest BCUT2D eigenvalue weighted by Crippen LogP contribution is 2.46. The van der Waals surface area contributed by atoms with Crippen molar-refractivity contribution in [1.29, 1.82) is 0 Å². The molecule has 0 bridgehead atoms. The molecule has 0 fully saturated rings. The summed E-state index contributed by atoms with van der Waals surface area (Å²) in [6.45, 7) is 20.4. The van der Waals surface area contributed by atoms with Gasteiger partial charge in [-0.2, -0.15) is 0 Å². The molecule has 5 nitrogen and oxygen atoms in total. The van der Waals surface area contributed by atoms with Crippen molar-refractivity contribution >= 4 is 65.8 Å². The van der Waals surface area contributed by atoms with E-state index in [2.05, 4.69) is 146 Å². The van der Waals surface area contributed by atoms with Crippen LogP contribution in [0.25, 0.3) is 83.0 Å². The first kappa shape index (κ1) is 31.6. The highest BCUT2D eigenvalue weighted by atomic mass is 16.3. The van der Waals surface area contributed by atoms with Crippen molar-refractivity contribution in [2.75, 3.05) is 0 Å². The largest absolute Gasteiger partial charge is 0.455 e. The van der Waals surface area contributed by atoms with Crippen molar-refractivity contribution in [2.24, 2.45) is 0 Å². The average molecular weight is 670 g/mol. The summed E-state index contributed by atoms with van der Waals surface area (Å²) in [7, 11) is 0. The van der Waals surface area contributed by atoms with E-state index in [1.807, 2.05) is 18.2 Å². The number of para-hydroxylation sites is 3. The molecule has 0 amide bonds. The zero-order valence-corrected chi connectivity index (χ0v) is 30.9. The van der Waals surface area contributed by atoms with Crippen LogP contribution in [0.5, 0.6) is 0 Å². The van der Waals surface area contributed by atoms with Gasteiger partial charge in [0, 0.05) is 38.1 Å². The normalized spacial score (nSPS) is 13.2. The maximum atomic E-state index is 7.12. The number of benzene rings is 5. The van der Waals surface area contributed by atoms with E-state index in [4.69, 9.17) is 18.8 Å². The van der Waals surface area contributed by atoms with Crippen LogP contribution in [0.1, 0.15) is 79.0 Å². The lowest BCUT2D eigenvalue weighted by Crippen LogP contribution is -2.16. The van der Waals surface area contributed by atoms with Crippen molar-refractivity contribution < 1.29 is 8.83 Å². The SMILES string of the molecule is CC(C)(C)c1cc(-c2nc(-n3c4ccccc4c4ccccc43)nc3c2oc2ccccc23)c2oc3c(C(C)(C)C)cc(C(C)(C)C)cc3c2c1. The summed E-state index contributed by atoms with van der Waals surface area (Å²) in [6.07, 6.45) is 0. The van der Waals surface area contributed by atoms with Gasteiger partial charge in [-0.05, 0) is 69.8 Å². The van der Waals surface area contributed by atoms with Gasteiger partial charge >= 0.3 is 0 Å². The van der Waals surface area contributed by atoms with Crippen LogP contribution in [0.2, 0.25) is 0 Å². The van der Waals surface area contributed by atoms with Crippen LogP contribution in [0.4, 0.5) is 0 Å². The van der Waals surface area contributed by atoms with Crippen molar-refractivity contribution in [1.82, 2.24) is 14.5 Å². The fourth-order valence-corrected chi connectivity index (χ4v) is 7.58. The Morgan fingerprint density at radius 2 is 1.04 bits per heavy atom. The third kappa shape index (κ3) is 4.81. The fourth-order valence-electron chi connectivity index (χ4n) is 7.58. The van der Waals surface area contributed by atoms with Crippen LogP contribution in [0.15, 0.2) is 106 Å².